The summed E-state index contributed by atoms with van der Waals surface area (Å²) in [6.45, 7) is 10.7. The van der Waals surface area contributed by atoms with E-state index in [2.05, 4.69) is 0 Å². The molecule has 0 aliphatic carbocycles. The average molecular weight is 345 g/mol. The molecule has 0 bridgehead atoms. The number of benzene rings is 1. The zero-order chi connectivity index (χ0) is 18.4. The normalized spacial score (nSPS) is 19.4. The lowest BCUT2D eigenvalue weighted by Crippen LogP contribution is -2.53. The number of aryl methyl sites for hydroxylation is 1. The fourth-order valence-electron chi connectivity index (χ4n) is 3.48. The third-order valence-corrected chi connectivity index (χ3v) is 5.10. The Labute approximate surface area is 149 Å². The second-order valence-corrected chi connectivity index (χ2v) is 8.24. The van der Waals surface area contributed by atoms with E-state index in [9.17, 15) is 9.59 Å². The van der Waals surface area contributed by atoms with Crippen molar-refractivity contribution in [3.63, 3.8) is 0 Å². The zero-order valence-electron chi connectivity index (χ0n) is 15.8. The monoisotopic (exact) mass is 345 g/mol. The molecule has 3 rings (SSSR count). The molecule has 1 fully saturated rings. The molecule has 25 heavy (non-hydrogen) atoms. The van der Waals surface area contributed by atoms with E-state index in [4.69, 9.17) is 9.47 Å². The van der Waals surface area contributed by atoms with E-state index in [0.717, 1.165) is 16.9 Å². The number of carbonyl (C=O) groups is 2. The summed E-state index contributed by atoms with van der Waals surface area (Å²) in [5.41, 5.74) is 1.83. The Hall–Kier alpha value is -2.04. The summed E-state index contributed by atoms with van der Waals surface area (Å²) in [5, 5.41) is 0. The number of hydrogen-bond acceptors (Lipinski definition) is 4. The third-order valence-electron chi connectivity index (χ3n) is 5.10. The quantitative estimate of drug-likeness (QED) is 0.712. The third kappa shape index (κ3) is 3.51. The lowest BCUT2D eigenvalue weighted by Gasteiger charge is -2.44. The van der Waals surface area contributed by atoms with Crippen molar-refractivity contribution in [1.29, 1.82) is 0 Å². The number of carbonyl (C=O) groups excluding carboxylic acids is 2. The van der Waals surface area contributed by atoms with Crippen LogP contribution in [0.4, 0.5) is 4.79 Å². The molecule has 0 saturated carbocycles. The Morgan fingerprint density at radius 1 is 1.20 bits per heavy atom. The van der Waals surface area contributed by atoms with Crippen LogP contribution in [0, 0.1) is 13.8 Å². The fourth-order valence-corrected chi connectivity index (χ4v) is 3.48. The molecule has 2 aliphatic rings. The van der Waals surface area contributed by atoms with Crippen LogP contribution in [0.25, 0.3) is 0 Å². The number of piperidine rings is 1. The van der Waals surface area contributed by atoms with Gasteiger partial charge in [-0.05, 0) is 51.8 Å². The van der Waals surface area contributed by atoms with E-state index in [-0.39, 0.29) is 11.9 Å². The summed E-state index contributed by atoms with van der Waals surface area (Å²) >= 11 is 0. The Morgan fingerprint density at radius 2 is 1.84 bits per heavy atom. The minimum Gasteiger partial charge on any atom is -0.486 e. The first-order chi connectivity index (χ1) is 11.6. The zero-order valence-corrected chi connectivity index (χ0v) is 15.8. The molecule has 0 unspecified atom stereocenters. The van der Waals surface area contributed by atoms with Crippen molar-refractivity contribution in [3.8, 4) is 5.75 Å². The standard InChI is InChI=1S/C20H27NO4/c1-13-6-7-15-16(22)12-20(24-17(15)14(13)2)8-10-21(11-9-20)18(23)25-19(3,4)5/h6-7H,8-12H2,1-5H3. The van der Waals surface area contributed by atoms with Gasteiger partial charge in [-0.25, -0.2) is 4.79 Å². The summed E-state index contributed by atoms with van der Waals surface area (Å²) in [6.07, 6.45) is 1.37. The maximum Gasteiger partial charge on any atom is 0.410 e. The molecule has 1 amide bonds. The molecular formula is C20H27NO4. The molecule has 1 saturated heterocycles. The number of hydrogen-bond donors (Lipinski definition) is 0. The molecule has 2 aliphatic heterocycles. The minimum absolute atomic E-state index is 0.134. The molecular weight excluding hydrogens is 318 g/mol. The number of fused-ring (bicyclic) bond motifs is 1. The topological polar surface area (TPSA) is 55.8 Å². The van der Waals surface area contributed by atoms with Gasteiger partial charge < -0.3 is 14.4 Å². The predicted molar refractivity (Wildman–Crippen MR) is 95.3 cm³/mol. The average Bonchev–Trinajstić information content (AvgIpc) is 2.50. The van der Waals surface area contributed by atoms with Crippen molar-refractivity contribution in [2.75, 3.05) is 13.1 Å². The van der Waals surface area contributed by atoms with Gasteiger partial charge >= 0.3 is 6.09 Å². The van der Waals surface area contributed by atoms with Crippen LogP contribution >= 0.6 is 0 Å². The maximum absolute atomic E-state index is 12.6. The Bertz CT molecular complexity index is 709. The highest BCUT2D eigenvalue weighted by molar-refractivity contribution is 6.01. The molecule has 0 atom stereocenters. The van der Waals surface area contributed by atoms with Gasteiger partial charge in [-0.3, -0.25) is 4.79 Å². The Kier molecular flexibility index (Phi) is 4.30. The van der Waals surface area contributed by atoms with E-state index in [1.807, 2.05) is 46.8 Å². The SMILES string of the molecule is Cc1ccc2c(c1C)OC1(CCN(C(=O)OC(C)(C)C)CC1)CC2=O. The van der Waals surface area contributed by atoms with Crippen LogP contribution in [0.5, 0.6) is 5.75 Å². The first kappa shape index (κ1) is 17.8. The van der Waals surface area contributed by atoms with Crippen LogP contribution in [0.3, 0.4) is 0 Å². The van der Waals surface area contributed by atoms with Crippen LogP contribution in [-0.4, -0.2) is 41.1 Å². The first-order valence-corrected chi connectivity index (χ1v) is 8.91. The molecule has 2 heterocycles. The van der Waals surface area contributed by atoms with Crippen molar-refractivity contribution in [3.05, 3.63) is 28.8 Å². The van der Waals surface area contributed by atoms with E-state index in [0.29, 0.717) is 37.9 Å². The van der Waals surface area contributed by atoms with Gasteiger partial charge in [0.05, 0.1) is 12.0 Å². The lowest BCUT2D eigenvalue weighted by molar-refractivity contribution is -0.0229. The molecule has 5 heteroatoms. The molecule has 136 valence electrons. The van der Waals surface area contributed by atoms with E-state index >= 15 is 0 Å². The smallest absolute Gasteiger partial charge is 0.410 e. The second-order valence-electron chi connectivity index (χ2n) is 8.24. The molecule has 0 aromatic heterocycles. The van der Waals surface area contributed by atoms with Crippen LogP contribution in [0.15, 0.2) is 12.1 Å². The van der Waals surface area contributed by atoms with Crippen LogP contribution in [-0.2, 0) is 4.74 Å². The summed E-state index contributed by atoms with van der Waals surface area (Å²) in [6, 6.07) is 3.83. The molecule has 0 N–H and O–H groups in total. The highest BCUT2D eigenvalue weighted by atomic mass is 16.6. The maximum atomic E-state index is 12.6. The number of ether oxygens (including phenoxy) is 2. The van der Waals surface area contributed by atoms with Gasteiger partial charge in [0.1, 0.15) is 17.0 Å². The predicted octanol–water partition coefficient (Wildman–Crippen LogP) is 4.04. The summed E-state index contributed by atoms with van der Waals surface area (Å²) in [4.78, 5) is 26.6. The van der Waals surface area contributed by atoms with Crippen LogP contribution in [0.1, 0.15) is 61.5 Å². The molecule has 5 nitrogen and oxygen atoms in total. The highest BCUT2D eigenvalue weighted by Gasteiger charge is 2.44. The molecule has 1 aromatic rings. The molecule has 0 radical (unpaired) electrons. The van der Waals surface area contributed by atoms with Gasteiger partial charge in [0.25, 0.3) is 0 Å². The minimum atomic E-state index is -0.503. The van der Waals surface area contributed by atoms with Crippen molar-refractivity contribution in [1.82, 2.24) is 4.90 Å². The van der Waals surface area contributed by atoms with Gasteiger partial charge in [-0.15, -0.1) is 0 Å². The van der Waals surface area contributed by atoms with Gasteiger partial charge in [-0.2, -0.15) is 0 Å². The number of ketones is 1. The fraction of sp³-hybridized carbons (Fsp3) is 0.600. The molecule has 1 spiro atoms. The van der Waals surface area contributed by atoms with Gasteiger partial charge in [0, 0.05) is 25.9 Å². The largest absolute Gasteiger partial charge is 0.486 e. The van der Waals surface area contributed by atoms with Crippen molar-refractivity contribution in [2.24, 2.45) is 0 Å². The Morgan fingerprint density at radius 3 is 2.44 bits per heavy atom. The van der Waals surface area contributed by atoms with Crippen LogP contribution < -0.4 is 4.74 Å². The summed E-state index contributed by atoms with van der Waals surface area (Å²) in [7, 11) is 0. The number of rotatable bonds is 0. The summed E-state index contributed by atoms with van der Waals surface area (Å²) in [5.74, 6) is 0.858. The summed E-state index contributed by atoms with van der Waals surface area (Å²) < 4.78 is 11.8. The number of Topliss-reactive ketones (excluding diaryl/α,β-unsaturated/α-hetero) is 1. The molecule has 1 aromatic carbocycles. The number of nitrogens with zero attached hydrogens (tertiary/aromatic N) is 1. The first-order valence-electron chi connectivity index (χ1n) is 8.91. The van der Waals surface area contributed by atoms with Gasteiger partial charge in [0.15, 0.2) is 5.78 Å². The Balaban J connectivity index is 1.75. The van der Waals surface area contributed by atoms with Gasteiger partial charge in [0.2, 0.25) is 0 Å². The van der Waals surface area contributed by atoms with Gasteiger partial charge in [-0.1, -0.05) is 6.07 Å². The van der Waals surface area contributed by atoms with Crippen molar-refractivity contribution in [2.45, 2.75) is 65.1 Å². The van der Waals surface area contributed by atoms with E-state index < -0.39 is 11.2 Å². The number of amides is 1. The van der Waals surface area contributed by atoms with E-state index in [1.165, 1.54) is 0 Å². The van der Waals surface area contributed by atoms with Crippen molar-refractivity contribution >= 4 is 11.9 Å². The van der Waals surface area contributed by atoms with E-state index in [1.54, 1.807) is 4.90 Å². The van der Waals surface area contributed by atoms with Crippen LogP contribution in [0.2, 0.25) is 0 Å². The highest BCUT2D eigenvalue weighted by Crippen LogP contribution is 2.41. The second kappa shape index (κ2) is 6.04. The number of likely N-dealkylation sites (tertiary alicyclic amines) is 1. The van der Waals surface area contributed by atoms with Crippen molar-refractivity contribution < 1.29 is 19.1 Å². The lowest BCUT2D eigenvalue weighted by atomic mass is 9.81.